The van der Waals surface area contributed by atoms with E-state index in [1.54, 1.807) is 14.2 Å². The molecule has 0 saturated carbocycles. The van der Waals surface area contributed by atoms with Crippen LogP contribution in [0.5, 0.6) is 11.5 Å². The zero-order chi connectivity index (χ0) is 21.2. The topological polar surface area (TPSA) is 36.9 Å². The quantitative estimate of drug-likeness (QED) is 0.306. The molecule has 0 amide bonds. The van der Waals surface area contributed by atoms with Crippen LogP contribution in [0.4, 0.5) is 0 Å². The Kier molecular flexibility index (Phi) is 9.23. The zero-order valence-corrected chi connectivity index (χ0v) is 18.5. The molecule has 0 bridgehead atoms. The Balaban J connectivity index is 2.66. The molecule has 0 heterocycles. The number of hydrogen-bond acceptors (Lipinski definition) is 4. The van der Waals surface area contributed by atoms with E-state index in [2.05, 4.69) is 50.8 Å². The number of ether oxygens (including phenoxy) is 4. The third-order valence-corrected chi connectivity index (χ3v) is 4.76. The highest BCUT2D eigenvalue weighted by Crippen LogP contribution is 2.43. The maximum atomic E-state index is 6.01. The standard InChI is InChI=1S/C25H34O4/c1-7-8-9-10-20-14-23(28-16-26-5)25(24(15-20)29-17-27-6)22-13-19(4)11-12-21(22)18(2)3/h11-15H,2,7-10,16-17H2,1,3-6H3. The molecule has 0 aliphatic carbocycles. The molecule has 158 valence electrons. The average molecular weight is 399 g/mol. The van der Waals surface area contributed by atoms with Crippen LogP contribution < -0.4 is 9.47 Å². The van der Waals surface area contributed by atoms with E-state index in [0.717, 1.165) is 52.2 Å². The molecule has 2 aromatic rings. The van der Waals surface area contributed by atoms with Gasteiger partial charge in [0.15, 0.2) is 13.6 Å². The largest absolute Gasteiger partial charge is 0.467 e. The zero-order valence-electron chi connectivity index (χ0n) is 18.5. The van der Waals surface area contributed by atoms with E-state index >= 15 is 0 Å². The van der Waals surface area contributed by atoms with E-state index in [1.165, 1.54) is 18.4 Å². The van der Waals surface area contributed by atoms with Crippen LogP contribution in [0.15, 0.2) is 36.9 Å². The summed E-state index contributed by atoms with van der Waals surface area (Å²) in [5.41, 5.74) is 6.34. The van der Waals surface area contributed by atoms with Gasteiger partial charge < -0.3 is 18.9 Å². The molecule has 2 rings (SSSR count). The first-order valence-electron chi connectivity index (χ1n) is 10.2. The van der Waals surface area contributed by atoms with Crippen molar-refractivity contribution in [3.05, 3.63) is 53.6 Å². The van der Waals surface area contributed by atoms with Gasteiger partial charge in [-0.15, -0.1) is 0 Å². The molecule has 0 aromatic heterocycles. The maximum Gasteiger partial charge on any atom is 0.188 e. The second kappa shape index (κ2) is 11.6. The van der Waals surface area contributed by atoms with Crippen molar-refractivity contribution in [2.24, 2.45) is 0 Å². The fraction of sp³-hybridized carbons (Fsp3) is 0.440. The highest BCUT2D eigenvalue weighted by Gasteiger charge is 2.19. The lowest BCUT2D eigenvalue weighted by Crippen LogP contribution is -2.06. The molecule has 0 aliphatic heterocycles. The number of allylic oxidation sites excluding steroid dienone is 1. The lowest BCUT2D eigenvalue weighted by molar-refractivity contribution is 0.0467. The Morgan fingerprint density at radius 3 is 2.07 bits per heavy atom. The van der Waals surface area contributed by atoms with E-state index < -0.39 is 0 Å². The van der Waals surface area contributed by atoms with Crippen molar-refractivity contribution in [1.82, 2.24) is 0 Å². The van der Waals surface area contributed by atoms with Crippen molar-refractivity contribution >= 4 is 5.57 Å². The fourth-order valence-electron chi connectivity index (χ4n) is 3.34. The van der Waals surface area contributed by atoms with Gasteiger partial charge in [-0.25, -0.2) is 0 Å². The molecule has 0 N–H and O–H groups in total. The van der Waals surface area contributed by atoms with Crippen molar-refractivity contribution in [1.29, 1.82) is 0 Å². The molecule has 0 radical (unpaired) electrons. The summed E-state index contributed by atoms with van der Waals surface area (Å²) in [4.78, 5) is 0. The van der Waals surface area contributed by atoms with E-state index in [1.807, 2.05) is 6.92 Å². The fourth-order valence-corrected chi connectivity index (χ4v) is 3.34. The summed E-state index contributed by atoms with van der Waals surface area (Å²) in [6, 6.07) is 10.6. The van der Waals surface area contributed by atoms with Crippen molar-refractivity contribution < 1.29 is 18.9 Å². The third kappa shape index (κ3) is 6.34. The molecule has 29 heavy (non-hydrogen) atoms. The van der Waals surface area contributed by atoms with Gasteiger partial charge in [0, 0.05) is 14.2 Å². The Morgan fingerprint density at radius 2 is 1.55 bits per heavy atom. The first-order chi connectivity index (χ1) is 14.0. The summed E-state index contributed by atoms with van der Waals surface area (Å²) in [7, 11) is 3.25. The van der Waals surface area contributed by atoms with Crippen LogP contribution in [0.2, 0.25) is 0 Å². The molecule has 4 nitrogen and oxygen atoms in total. The Morgan fingerprint density at radius 1 is 0.931 bits per heavy atom. The van der Waals surface area contributed by atoms with E-state index in [4.69, 9.17) is 18.9 Å². The number of rotatable bonds is 12. The summed E-state index contributed by atoms with van der Waals surface area (Å²) in [6.07, 6.45) is 4.48. The van der Waals surface area contributed by atoms with Crippen LogP contribution in [0.25, 0.3) is 16.7 Å². The Labute approximate surface area is 175 Å². The lowest BCUT2D eigenvalue weighted by atomic mass is 9.91. The predicted molar refractivity (Wildman–Crippen MR) is 120 cm³/mol. The molecule has 0 unspecified atom stereocenters. The van der Waals surface area contributed by atoms with Gasteiger partial charge in [0.2, 0.25) is 0 Å². The van der Waals surface area contributed by atoms with Gasteiger partial charge in [0.1, 0.15) is 11.5 Å². The van der Waals surface area contributed by atoms with Crippen molar-refractivity contribution in [3.63, 3.8) is 0 Å². The highest BCUT2D eigenvalue weighted by molar-refractivity contribution is 5.86. The summed E-state index contributed by atoms with van der Waals surface area (Å²) >= 11 is 0. The number of unbranched alkanes of at least 4 members (excludes halogenated alkanes) is 2. The number of methoxy groups -OCH3 is 2. The number of hydrogen-bond donors (Lipinski definition) is 0. The van der Waals surface area contributed by atoms with Gasteiger partial charge in [0.25, 0.3) is 0 Å². The normalized spacial score (nSPS) is 10.8. The molecule has 0 spiro atoms. The molecule has 0 saturated heterocycles. The smallest absolute Gasteiger partial charge is 0.188 e. The van der Waals surface area contributed by atoms with Crippen molar-refractivity contribution in [2.45, 2.75) is 46.5 Å². The predicted octanol–water partition coefficient (Wildman–Crippen LogP) is 6.39. The van der Waals surface area contributed by atoms with Gasteiger partial charge in [-0.05, 0) is 55.5 Å². The van der Waals surface area contributed by atoms with Crippen LogP contribution >= 0.6 is 0 Å². The first-order valence-corrected chi connectivity index (χ1v) is 10.2. The lowest BCUT2D eigenvalue weighted by Gasteiger charge is -2.20. The van der Waals surface area contributed by atoms with Crippen LogP contribution in [-0.2, 0) is 15.9 Å². The highest BCUT2D eigenvalue weighted by atomic mass is 16.7. The SMILES string of the molecule is C=C(C)c1ccc(C)cc1-c1c(OCOC)cc(CCCCC)cc1OCOC. The van der Waals surface area contributed by atoms with Gasteiger partial charge in [-0.3, -0.25) is 0 Å². The average Bonchev–Trinajstić information content (AvgIpc) is 2.70. The molecule has 2 aromatic carbocycles. The van der Waals surface area contributed by atoms with Crippen LogP contribution in [0.3, 0.4) is 0 Å². The van der Waals surface area contributed by atoms with Gasteiger partial charge in [-0.1, -0.05) is 55.7 Å². The molecule has 0 atom stereocenters. The van der Waals surface area contributed by atoms with E-state index in [0.29, 0.717) is 0 Å². The molecule has 0 aliphatic rings. The second-order valence-corrected chi connectivity index (χ2v) is 7.36. The summed E-state index contributed by atoms with van der Waals surface area (Å²) in [6.45, 7) is 10.8. The Bertz CT molecular complexity index is 781. The third-order valence-electron chi connectivity index (χ3n) is 4.76. The minimum Gasteiger partial charge on any atom is -0.467 e. The number of benzene rings is 2. The van der Waals surface area contributed by atoms with E-state index in [9.17, 15) is 0 Å². The summed E-state index contributed by atoms with van der Waals surface area (Å²) in [5.74, 6) is 1.50. The van der Waals surface area contributed by atoms with Crippen LogP contribution in [0, 0.1) is 6.92 Å². The summed E-state index contributed by atoms with van der Waals surface area (Å²) < 4.78 is 22.4. The van der Waals surface area contributed by atoms with Gasteiger partial charge >= 0.3 is 0 Å². The van der Waals surface area contributed by atoms with Crippen molar-refractivity contribution in [2.75, 3.05) is 27.8 Å². The van der Waals surface area contributed by atoms with E-state index in [-0.39, 0.29) is 13.6 Å². The van der Waals surface area contributed by atoms with Gasteiger partial charge in [0.05, 0.1) is 5.56 Å². The van der Waals surface area contributed by atoms with Crippen LogP contribution in [-0.4, -0.2) is 27.8 Å². The minimum absolute atomic E-state index is 0.170. The molecule has 0 fully saturated rings. The Hall–Kier alpha value is -2.30. The molecular formula is C25H34O4. The van der Waals surface area contributed by atoms with Gasteiger partial charge in [-0.2, -0.15) is 0 Å². The number of aryl methyl sites for hydroxylation is 2. The second-order valence-electron chi connectivity index (χ2n) is 7.36. The molecule has 4 heteroatoms. The van der Waals surface area contributed by atoms with Crippen molar-refractivity contribution in [3.8, 4) is 22.6 Å². The first kappa shape index (κ1) is 23.0. The summed E-state index contributed by atoms with van der Waals surface area (Å²) in [5, 5.41) is 0. The maximum absolute atomic E-state index is 6.01. The molecular weight excluding hydrogens is 364 g/mol. The van der Waals surface area contributed by atoms with Crippen LogP contribution in [0.1, 0.15) is 49.8 Å². The monoisotopic (exact) mass is 398 g/mol. The minimum atomic E-state index is 0.170.